The van der Waals surface area contributed by atoms with E-state index in [4.69, 9.17) is 14.2 Å². The van der Waals surface area contributed by atoms with Crippen LogP contribution in [0.15, 0.2) is 0 Å². The molecule has 1 fully saturated rings. The molecule has 1 saturated heterocycles. The minimum atomic E-state index is 0.0258. The standard InChI is InChI=1S/C16H30N2O5/c1-3-15(19)17-7-11-23-13-12-22-10-6-16(20)18-8-4-14(21-2)5-9-18/h14H,3-13H2,1-2H3,(H,17,19). The summed E-state index contributed by atoms with van der Waals surface area (Å²) >= 11 is 0. The van der Waals surface area contributed by atoms with Crippen molar-refractivity contribution >= 4 is 11.8 Å². The predicted molar refractivity (Wildman–Crippen MR) is 86.2 cm³/mol. The SMILES string of the molecule is CCC(=O)NCCOCCOCCC(=O)N1CCC(OC)CC1. The van der Waals surface area contributed by atoms with Gasteiger partial charge in [0.1, 0.15) is 0 Å². The van der Waals surface area contributed by atoms with Crippen molar-refractivity contribution in [1.82, 2.24) is 10.2 Å². The molecule has 0 aromatic rings. The van der Waals surface area contributed by atoms with Gasteiger partial charge >= 0.3 is 0 Å². The lowest BCUT2D eigenvalue weighted by Crippen LogP contribution is -2.40. The Bertz CT molecular complexity index is 343. The summed E-state index contributed by atoms with van der Waals surface area (Å²) in [6, 6.07) is 0. The van der Waals surface area contributed by atoms with Crippen LogP contribution in [0.2, 0.25) is 0 Å². The number of amides is 2. The zero-order chi connectivity index (χ0) is 16.9. The van der Waals surface area contributed by atoms with Crippen molar-refractivity contribution in [2.45, 2.75) is 38.7 Å². The summed E-state index contributed by atoms with van der Waals surface area (Å²) in [7, 11) is 1.72. The Kier molecular flexibility index (Phi) is 10.6. The molecule has 7 nitrogen and oxygen atoms in total. The smallest absolute Gasteiger partial charge is 0.224 e. The number of methoxy groups -OCH3 is 1. The fraction of sp³-hybridized carbons (Fsp3) is 0.875. The molecule has 0 bridgehead atoms. The van der Waals surface area contributed by atoms with Gasteiger partial charge in [-0.25, -0.2) is 0 Å². The molecule has 23 heavy (non-hydrogen) atoms. The Morgan fingerprint density at radius 3 is 2.35 bits per heavy atom. The van der Waals surface area contributed by atoms with Gasteiger partial charge < -0.3 is 24.4 Å². The largest absolute Gasteiger partial charge is 0.381 e. The van der Waals surface area contributed by atoms with Crippen LogP contribution in [-0.4, -0.2) is 76.0 Å². The van der Waals surface area contributed by atoms with Gasteiger partial charge in [-0.05, 0) is 12.8 Å². The Morgan fingerprint density at radius 2 is 1.74 bits per heavy atom. The van der Waals surface area contributed by atoms with E-state index in [2.05, 4.69) is 5.32 Å². The van der Waals surface area contributed by atoms with E-state index >= 15 is 0 Å². The van der Waals surface area contributed by atoms with Crippen molar-refractivity contribution in [3.05, 3.63) is 0 Å². The van der Waals surface area contributed by atoms with Crippen molar-refractivity contribution < 1.29 is 23.8 Å². The van der Waals surface area contributed by atoms with Gasteiger partial charge in [0.25, 0.3) is 0 Å². The second-order valence-corrected chi connectivity index (χ2v) is 5.49. The lowest BCUT2D eigenvalue weighted by molar-refractivity contribution is -0.134. The third-order valence-corrected chi connectivity index (χ3v) is 3.85. The van der Waals surface area contributed by atoms with Gasteiger partial charge in [-0.15, -0.1) is 0 Å². The van der Waals surface area contributed by atoms with Crippen LogP contribution in [-0.2, 0) is 23.8 Å². The van der Waals surface area contributed by atoms with Crippen LogP contribution in [0, 0.1) is 0 Å². The summed E-state index contributed by atoms with van der Waals surface area (Å²) in [5.74, 6) is 0.167. The summed E-state index contributed by atoms with van der Waals surface area (Å²) in [6.07, 6.45) is 3.00. The van der Waals surface area contributed by atoms with E-state index in [0.29, 0.717) is 45.8 Å². The lowest BCUT2D eigenvalue weighted by atomic mass is 10.1. The highest BCUT2D eigenvalue weighted by molar-refractivity contribution is 5.76. The number of piperidine rings is 1. The van der Waals surface area contributed by atoms with Crippen LogP contribution in [0.5, 0.6) is 0 Å². The van der Waals surface area contributed by atoms with Crippen LogP contribution in [0.3, 0.4) is 0 Å². The number of nitrogens with zero attached hydrogens (tertiary/aromatic N) is 1. The molecule has 0 aliphatic carbocycles. The van der Waals surface area contributed by atoms with Crippen LogP contribution < -0.4 is 5.32 Å². The molecule has 2 amide bonds. The second-order valence-electron chi connectivity index (χ2n) is 5.49. The molecule has 1 aliphatic heterocycles. The first-order valence-electron chi connectivity index (χ1n) is 8.40. The monoisotopic (exact) mass is 330 g/mol. The van der Waals surface area contributed by atoms with E-state index in [9.17, 15) is 9.59 Å². The number of ether oxygens (including phenoxy) is 3. The maximum atomic E-state index is 12.0. The zero-order valence-corrected chi connectivity index (χ0v) is 14.3. The normalized spacial score (nSPS) is 15.7. The van der Waals surface area contributed by atoms with E-state index in [1.54, 1.807) is 7.11 Å². The van der Waals surface area contributed by atoms with E-state index in [1.165, 1.54) is 0 Å². The van der Waals surface area contributed by atoms with Crippen molar-refractivity contribution in [3.8, 4) is 0 Å². The molecular weight excluding hydrogens is 300 g/mol. The van der Waals surface area contributed by atoms with Crippen molar-refractivity contribution in [3.63, 3.8) is 0 Å². The third-order valence-electron chi connectivity index (χ3n) is 3.85. The number of carbonyl (C=O) groups excluding carboxylic acids is 2. The van der Waals surface area contributed by atoms with Crippen LogP contribution in [0.25, 0.3) is 0 Å². The Labute approximate surface area is 138 Å². The topological polar surface area (TPSA) is 77.1 Å². The molecule has 1 N–H and O–H groups in total. The molecule has 0 radical (unpaired) electrons. The molecule has 0 unspecified atom stereocenters. The fourth-order valence-corrected chi connectivity index (χ4v) is 2.37. The number of hydrogen-bond donors (Lipinski definition) is 1. The lowest BCUT2D eigenvalue weighted by Gasteiger charge is -2.31. The van der Waals surface area contributed by atoms with Crippen molar-refractivity contribution in [2.24, 2.45) is 0 Å². The summed E-state index contributed by atoms with van der Waals surface area (Å²) in [5.41, 5.74) is 0. The first kappa shape index (κ1) is 19.9. The third kappa shape index (κ3) is 8.88. The van der Waals surface area contributed by atoms with E-state index < -0.39 is 0 Å². The molecular formula is C16H30N2O5. The van der Waals surface area contributed by atoms with Gasteiger partial charge in [-0.1, -0.05) is 6.92 Å². The minimum Gasteiger partial charge on any atom is -0.381 e. The molecule has 0 spiro atoms. The highest BCUT2D eigenvalue weighted by Crippen LogP contribution is 2.13. The van der Waals surface area contributed by atoms with Gasteiger partial charge in [0.15, 0.2) is 0 Å². The van der Waals surface area contributed by atoms with Crippen LogP contribution in [0.1, 0.15) is 32.6 Å². The number of hydrogen-bond acceptors (Lipinski definition) is 5. The van der Waals surface area contributed by atoms with Gasteiger partial charge in [0, 0.05) is 33.2 Å². The van der Waals surface area contributed by atoms with Crippen LogP contribution in [0.4, 0.5) is 0 Å². The molecule has 0 atom stereocenters. The predicted octanol–water partition coefficient (Wildman–Crippen LogP) is 0.573. The fourth-order valence-electron chi connectivity index (χ4n) is 2.37. The maximum absolute atomic E-state index is 12.0. The molecule has 1 heterocycles. The number of rotatable bonds is 11. The Morgan fingerprint density at radius 1 is 1.09 bits per heavy atom. The maximum Gasteiger partial charge on any atom is 0.224 e. The Hall–Kier alpha value is -1.18. The summed E-state index contributed by atoms with van der Waals surface area (Å²) < 4.78 is 16.0. The van der Waals surface area contributed by atoms with E-state index in [-0.39, 0.29) is 17.9 Å². The van der Waals surface area contributed by atoms with Gasteiger partial charge in [-0.2, -0.15) is 0 Å². The molecule has 1 aliphatic rings. The highest BCUT2D eigenvalue weighted by atomic mass is 16.5. The molecule has 134 valence electrons. The second kappa shape index (κ2) is 12.3. The number of likely N-dealkylation sites (tertiary alicyclic amines) is 1. The summed E-state index contributed by atoms with van der Waals surface area (Å²) in [4.78, 5) is 24.9. The quantitative estimate of drug-likeness (QED) is 0.561. The average Bonchev–Trinajstić information content (AvgIpc) is 2.59. The molecule has 0 saturated carbocycles. The van der Waals surface area contributed by atoms with E-state index in [1.807, 2.05) is 11.8 Å². The molecule has 1 rings (SSSR count). The first-order chi connectivity index (χ1) is 11.2. The summed E-state index contributed by atoms with van der Waals surface area (Å²) in [5, 5.41) is 2.73. The minimum absolute atomic E-state index is 0.0258. The average molecular weight is 330 g/mol. The van der Waals surface area contributed by atoms with E-state index in [0.717, 1.165) is 25.9 Å². The van der Waals surface area contributed by atoms with Crippen LogP contribution >= 0.6 is 0 Å². The summed E-state index contributed by atoms with van der Waals surface area (Å²) in [6.45, 7) is 5.68. The molecule has 0 aromatic carbocycles. The van der Waals surface area contributed by atoms with Gasteiger partial charge in [-0.3, -0.25) is 9.59 Å². The van der Waals surface area contributed by atoms with Crippen molar-refractivity contribution in [2.75, 3.05) is 53.2 Å². The highest BCUT2D eigenvalue weighted by Gasteiger charge is 2.21. The molecule has 7 heteroatoms. The van der Waals surface area contributed by atoms with Gasteiger partial charge in [0.05, 0.1) is 39.0 Å². The molecule has 0 aromatic heterocycles. The van der Waals surface area contributed by atoms with Crippen molar-refractivity contribution in [1.29, 1.82) is 0 Å². The number of carbonyl (C=O) groups is 2. The Balaban J connectivity index is 1.91. The first-order valence-corrected chi connectivity index (χ1v) is 8.40. The zero-order valence-electron chi connectivity index (χ0n) is 14.3. The number of nitrogens with one attached hydrogen (secondary N) is 1. The van der Waals surface area contributed by atoms with Gasteiger partial charge in [0.2, 0.25) is 11.8 Å².